The number of aromatic nitrogens is 5. The van der Waals surface area contributed by atoms with Crippen molar-refractivity contribution in [2.45, 2.75) is 70.4 Å². The van der Waals surface area contributed by atoms with Gasteiger partial charge >= 0.3 is 0 Å². The molecule has 1 aliphatic carbocycles. The van der Waals surface area contributed by atoms with Crippen molar-refractivity contribution in [1.29, 1.82) is 0 Å². The van der Waals surface area contributed by atoms with Gasteiger partial charge in [-0.1, -0.05) is 13.8 Å². The van der Waals surface area contributed by atoms with Crippen LogP contribution in [0.2, 0.25) is 0 Å². The topological polar surface area (TPSA) is 132 Å². The maximum atomic E-state index is 14.5. The summed E-state index contributed by atoms with van der Waals surface area (Å²) in [6, 6.07) is 2.96. The fourth-order valence-corrected chi connectivity index (χ4v) is 8.71. The first-order valence-corrected chi connectivity index (χ1v) is 17.0. The van der Waals surface area contributed by atoms with Crippen molar-refractivity contribution in [2.24, 2.45) is 4.99 Å². The van der Waals surface area contributed by atoms with E-state index >= 15 is 0 Å². The Labute approximate surface area is 241 Å². The molecule has 1 atom stereocenters. The van der Waals surface area contributed by atoms with Gasteiger partial charge in [-0.3, -0.25) is 14.3 Å². The van der Waals surface area contributed by atoms with Gasteiger partial charge < -0.3 is 5.32 Å². The molecule has 40 heavy (non-hydrogen) atoms. The summed E-state index contributed by atoms with van der Waals surface area (Å²) in [4.78, 5) is 36.5. The van der Waals surface area contributed by atoms with E-state index in [1.54, 1.807) is 23.9 Å². The number of aryl methyl sites for hydroxylation is 1. The second-order valence-electron chi connectivity index (χ2n) is 9.85. The molecule has 1 fully saturated rings. The Hall–Kier alpha value is -2.94. The van der Waals surface area contributed by atoms with Gasteiger partial charge in [-0.2, -0.15) is 0 Å². The minimum absolute atomic E-state index is 0.0144. The standard InChI is InChI=1S/C27H31FIN7O3S/c1-5-15(3)36-25-23(20(11-28)34-24(29-25)21-16(4)32-14-33-22(21)17-7-8-17)35-26(27(36)37)31-12-18-9-10-19(13-30-18)40(38,39)6-2/h9-10,13-15,17H,5-8,11-12H2,1-4H3,(H,31,35)/t15-/m1/s1. The first-order valence-electron chi connectivity index (χ1n) is 13.2. The molecule has 5 rings (SSSR count). The van der Waals surface area contributed by atoms with Crippen molar-refractivity contribution in [3.8, 4) is 0 Å². The highest BCUT2D eigenvalue weighted by molar-refractivity contribution is 14.2. The van der Waals surface area contributed by atoms with Crippen LogP contribution < -0.4 is 16.2 Å². The molecule has 10 nitrogen and oxygen atoms in total. The molecule has 13 heteroatoms. The van der Waals surface area contributed by atoms with E-state index in [1.165, 1.54) is 12.3 Å². The second-order valence-corrected chi connectivity index (χ2v) is 14.7. The number of hydrogen-bond acceptors (Lipinski definition) is 9. The lowest BCUT2D eigenvalue weighted by molar-refractivity contribution is 0.504. The van der Waals surface area contributed by atoms with E-state index in [1.807, 2.05) is 20.8 Å². The maximum absolute atomic E-state index is 14.5. The van der Waals surface area contributed by atoms with E-state index in [2.05, 4.69) is 25.3 Å². The fourth-order valence-electron chi connectivity index (χ4n) is 4.42. The normalized spacial score (nSPS) is 15.9. The van der Waals surface area contributed by atoms with Gasteiger partial charge in [0.05, 0.1) is 34.3 Å². The summed E-state index contributed by atoms with van der Waals surface area (Å²) >= 11 is -0.991. The van der Waals surface area contributed by atoms with Crippen molar-refractivity contribution in [2.75, 3.05) is 17.7 Å². The average Bonchev–Trinajstić information content (AvgIpc) is 3.81. The SMILES string of the molecule is CC[C@@H](C)n1c(=O)c(NCc2ccc(S(=O)(=O)CC)cn2)nc2c1=IC(c1c(C)ncnc1C1CC1)=NC=2CF. The molecular formula is C27H31FIN7O3S. The highest BCUT2D eigenvalue weighted by Gasteiger charge is 2.31. The van der Waals surface area contributed by atoms with Gasteiger partial charge in [0.2, 0.25) is 0 Å². The van der Waals surface area contributed by atoms with Gasteiger partial charge in [-0.15, -0.1) is 0 Å². The molecule has 0 radical (unpaired) electrons. The van der Waals surface area contributed by atoms with E-state index in [9.17, 15) is 17.6 Å². The third kappa shape index (κ3) is 5.49. The molecule has 0 amide bonds. The Kier molecular flexibility index (Phi) is 8.22. The third-order valence-electron chi connectivity index (χ3n) is 7.11. The van der Waals surface area contributed by atoms with Crippen LogP contribution in [0.1, 0.15) is 74.6 Å². The number of rotatable bonds is 10. The zero-order chi connectivity index (χ0) is 28.6. The van der Waals surface area contributed by atoms with Crippen LogP contribution in [0.15, 0.2) is 39.3 Å². The molecule has 0 aromatic carbocycles. The number of nitrogens with one attached hydrogen (secondary N) is 1. The van der Waals surface area contributed by atoms with E-state index in [4.69, 9.17) is 4.99 Å². The van der Waals surface area contributed by atoms with Gasteiger partial charge in [0.15, 0.2) is 15.7 Å². The van der Waals surface area contributed by atoms with Gasteiger partial charge in [-0.25, -0.2) is 32.8 Å². The van der Waals surface area contributed by atoms with Crippen molar-refractivity contribution in [3.05, 3.63) is 66.3 Å². The van der Waals surface area contributed by atoms with Gasteiger partial charge in [-0.05, 0) is 66.0 Å². The van der Waals surface area contributed by atoms with Gasteiger partial charge in [0.1, 0.15) is 31.1 Å². The molecule has 1 N–H and O–H groups in total. The maximum Gasteiger partial charge on any atom is 0.294 e. The molecule has 4 heterocycles. The largest absolute Gasteiger partial charge is 0.360 e. The summed E-state index contributed by atoms with van der Waals surface area (Å²) in [6.07, 6.45) is 5.71. The quantitative estimate of drug-likeness (QED) is 0.321. The van der Waals surface area contributed by atoms with Crippen LogP contribution in [0.25, 0.3) is 5.70 Å². The number of alkyl halides is 1. The molecule has 0 spiro atoms. The molecule has 0 bridgehead atoms. The predicted molar refractivity (Wildman–Crippen MR) is 160 cm³/mol. The average molecular weight is 680 g/mol. The van der Waals surface area contributed by atoms with Crippen molar-refractivity contribution >= 4 is 45.8 Å². The molecule has 1 aliphatic heterocycles. The number of hydrogen-bond donors (Lipinski definition) is 1. The highest BCUT2D eigenvalue weighted by atomic mass is 127. The Bertz CT molecular complexity index is 1790. The smallest absolute Gasteiger partial charge is 0.294 e. The fraction of sp³-hybridized carbons (Fsp3) is 0.444. The zero-order valence-electron chi connectivity index (χ0n) is 22.8. The summed E-state index contributed by atoms with van der Waals surface area (Å²) in [5.74, 6) is 0.432. The summed E-state index contributed by atoms with van der Waals surface area (Å²) in [5, 5.41) is 3.46. The molecule has 212 valence electrons. The van der Waals surface area contributed by atoms with Crippen LogP contribution in [-0.2, 0) is 16.4 Å². The molecular weight excluding hydrogens is 648 g/mol. The summed E-state index contributed by atoms with van der Waals surface area (Å²) in [5.41, 5.74) is 3.10. The van der Waals surface area contributed by atoms with E-state index < -0.39 is 37.2 Å². The van der Waals surface area contributed by atoms with E-state index in [0.717, 1.165) is 36.8 Å². The lowest BCUT2D eigenvalue weighted by Gasteiger charge is -2.19. The van der Waals surface area contributed by atoms with Crippen LogP contribution >= 0.6 is 20.7 Å². The number of pyridine rings is 1. The highest BCUT2D eigenvalue weighted by Crippen LogP contribution is 2.42. The second kappa shape index (κ2) is 11.5. The van der Waals surface area contributed by atoms with E-state index in [-0.39, 0.29) is 40.3 Å². The minimum atomic E-state index is -3.36. The number of fused-ring (bicyclic) bond motifs is 1. The van der Waals surface area contributed by atoms with Gasteiger partial charge in [0.25, 0.3) is 5.56 Å². The molecule has 3 aromatic rings. The van der Waals surface area contributed by atoms with Crippen LogP contribution in [0, 0.1) is 10.2 Å². The zero-order valence-corrected chi connectivity index (χ0v) is 25.8. The van der Waals surface area contributed by atoms with Gasteiger partial charge in [0, 0.05) is 23.7 Å². The number of anilines is 1. The third-order valence-corrected chi connectivity index (χ3v) is 11.7. The number of nitrogens with zero attached hydrogens (tertiary/aromatic N) is 6. The molecule has 0 saturated heterocycles. The Morgan fingerprint density at radius 1 is 1.20 bits per heavy atom. The van der Waals surface area contributed by atoms with Crippen molar-refractivity contribution in [3.63, 3.8) is 0 Å². The Morgan fingerprint density at radius 3 is 2.60 bits per heavy atom. The van der Waals surface area contributed by atoms with Crippen LogP contribution in [0.5, 0.6) is 0 Å². The minimum Gasteiger partial charge on any atom is -0.360 e. The monoisotopic (exact) mass is 679 g/mol. The predicted octanol–water partition coefficient (Wildman–Crippen LogP) is 3.75. The Morgan fingerprint density at radius 2 is 1.98 bits per heavy atom. The number of aliphatic imine (C=N–C) groups is 1. The molecule has 0 unspecified atom stereocenters. The lowest BCUT2D eigenvalue weighted by Crippen LogP contribution is -2.36. The Balaban J connectivity index is 1.60. The molecule has 3 aromatic heterocycles. The first-order chi connectivity index (χ1) is 19.2. The summed E-state index contributed by atoms with van der Waals surface area (Å²) in [7, 11) is -3.36. The lowest BCUT2D eigenvalue weighted by atomic mass is 10.1. The molecule has 1 saturated carbocycles. The number of sulfone groups is 1. The van der Waals surface area contributed by atoms with Crippen molar-refractivity contribution in [1.82, 2.24) is 24.5 Å². The summed E-state index contributed by atoms with van der Waals surface area (Å²) < 4.78 is 41.9. The van der Waals surface area contributed by atoms with E-state index in [0.29, 0.717) is 23.4 Å². The van der Waals surface area contributed by atoms with Crippen molar-refractivity contribution < 1.29 is 12.8 Å². The summed E-state index contributed by atoms with van der Waals surface area (Å²) in [6.45, 7) is 6.79. The number of halogens is 2. The van der Waals surface area contributed by atoms with Crippen LogP contribution in [0.4, 0.5) is 10.2 Å². The molecule has 2 aliphatic rings. The van der Waals surface area contributed by atoms with Crippen LogP contribution in [0.3, 0.4) is 0 Å². The first kappa shape index (κ1) is 28.6. The van der Waals surface area contributed by atoms with Crippen LogP contribution in [-0.4, -0.2) is 49.1 Å².